The van der Waals surface area contributed by atoms with Gasteiger partial charge in [0.25, 0.3) is 0 Å². The number of benzene rings is 1. The van der Waals surface area contributed by atoms with Gasteiger partial charge in [-0.3, -0.25) is 0 Å². The molecule has 114 valence electrons. The third-order valence-electron chi connectivity index (χ3n) is 2.33. The molecular formula is C12H14N2O6S. The zero-order chi connectivity index (χ0) is 16.0. The molecule has 0 fully saturated rings. The molecule has 9 heteroatoms. The highest BCUT2D eigenvalue weighted by molar-refractivity contribution is 7.89. The lowest BCUT2D eigenvalue weighted by Gasteiger charge is -2.09. The molecule has 0 saturated heterocycles. The van der Waals surface area contributed by atoms with Gasteiger partial charge in [-0.2, -0.15) is 0 Å². The van der Waals surface area contributed by atoms with E-state index in [0.717, 1.165) is 20.3 Å². The van der Waals surface area contributed by atoms with Gasteiger partial charge in [-0.15, -0.1) is 0 Å². The monoisotopic (exact) mass is 314 g/mol. The number of rotatable bonds is 5. The quantitative estimate of drug-likeness (QED) is 0.577. The molecule has 8 nitrogen and oxygen atoms in total. The topological polar surface area (TPSA) is 125 Å². The highest BCUT2D eigenvalue weighted by Crippen LogP contribution is 2.15. The zero-order valence-electron chi connectivity index (χ0n) is 11.3. The van der Waals surface area contributed by atoms with Crippen LogP contribution in [0.2, 0.25) is 0 Å². The van der Waals surface area contributed by atoms with Crippen LogP contribution in [0.1, 0.15) is 0 Å². The first-order valence-corrected chi connectivity index (χ1v) is 7.10. The number of nitrogens with one attached hydrogen (secondary N) is 1. The van der Waals surface area contributed by atoms with Gasteiger partial charge in [0.05, 0.1) is 25.2 Å². The maximum atomic E-state index is 11.5. The van der Waals surface area contributed by atoms with E-state index in [1.807, 2.05) is 0 Å². The van der Waals surface area contributed by atoms with Crippen LogP contribution in [-0.2, 0) is 29.1 Å². The molecule has 1 aromatic rings. The Morgan fingerprint density at radius 1 is 1.14 bits per heavy atom. The maximum Gasteiger partial charge on any atom is 0.354 e. The summed E-state index contributed by atoms with van der Waals surface area (Å²) in [6, 6.07) is 5.27. The summed E-state index contributed by atoms with van der Waals surface area (Å²) in [4.78, 5) is 22.6. The van der Waals surface area contributed by atoms with Crippen LogP contribution in [0.5, 0.6) is 0 Å². The van der Waals surface area contributed by atoms with E-state index in [1.54, 1.807) is 0 Å². The number of carbonyl (C=O) groups excluding carboxylic acids is 2. The van der Waals surface area contributed by atoms with Gasteiger partial charge in [0.2, 0.25) is 10.0 Å². The van der Waals surface area contributed by atoms with E-state index in [0.29, 0.717) is 5.69 Å². The fraction of sp³-hybridized carbons (Fsp3) is 0.167. The molecule has 0 aliphatic rings. The molecular weight excluding hydrogens is 300 g/mol. The van der Waals surface area contributed by atoms with Crippen molar-refractivity contribution in [3.8, 4) is 0 Å². The lowest BCUT2D eigenvalue weighted by molar-refractivity contribution is -0.138. The van der Waals surface area contributed by atoms with Crippen LogP contribution in [0.4, 0.5) is 5.69 Å². The molecule has 0 heterocycles. The van der Waals surface area contributed by atoms with Crippen LogP contribution < -0.4 is 10.5 Å². The minimum absolute atomic E-state index is 0.0791. The normalized spacial score (nSPS) is 11.7. The summed E-state index contributed by atoms with van der Waals surface area (Å²) in [5.41, 5.74) is 0.204. The number of esters is 2. The molecule has 1 rings (SSSR count). The van der Waals surface area contributed by atoms with Crippen LogP contribution in [-0.4, -0.2) is 34.6 Å². The molecule has 0 bridgehead atoms. The third kappa shape index (κ3) is 4.89. The van der Waals surface area contributed by atoms with Crippen LogP contribution in [0.25, 0.3) is 0 Å². The molecule has 0 amide bonds. The van der Waals surface area contributed by atoms with Crippen LogP contribution in [0, 0.1) is 0 Å². The largest absolute Gasteiger partial charge is 0.466 e. The predicted octanol–water partition coefficient (Wildman–Crippen LogP) is -0.0242. The van der Waals surface area contributed by atoms with Crippen molar-refractivity contribution in [2.75, 3.05) is 19.5 Å². The third-order valence-corrected chi connectivity index (χ3v) is 3.26. The minimum Gasteiger partial charge on any atom is -0.466 e. The SMILES string of the molecule is COC(=O)/C=C(/Nc1ccc(S(N)(=O)=O)cc1)C(=O)OC. The molecule has 0 saturated carbocycles. The maximum absolute atomic E-state index is 11.5. The Morgan fingerprint density at radius 2 is 1.71 bits per heavy atom. The smallest absolute Gasteiger partial charge is 0.354 e. The first-order valence-electron chi connectivity index (χ1n) is 5.55. The van der Waals surface area contributed by atoms with Crippen molar-refractivity contribution in [2.45, 2.75) is 4.90 Å². The fourth-order valence-electron chi connectivity index (χ4n) is 1.32. The molecule has 1 aromatic carbocycles. The van der Waals surface area contributed by atoms with E-state index in [2.05, 4.69) is 14.8 Å². The summed E-state index contributed by atoms with van der Waals surface area (Å²) >= 11 is 0. The Kier molecular flexibility index (Phi) is 5.44. The second kappa shape index (κ2) is 6.86. The highest BCUT2D eigenvalue weighted by Gasteiger charge is 2.13. The Morgan fingerprint density at radius 3 is 2.14 bits per heavy atom. The van der Waals surface area contributed by atoms with Crippen LogP contribution in [0.15, 0.2) is 40.9 Å². The number of nitrogens with two attached hydrogens (primary N) is 1. The summed E-state index contributed by atoms with van der Waals surface area (Å²) in [6.45, 7) is 0. The van der Waals surface area contributed by atoms with Crippen molar-refractivity contribution in [2.24, 2.45) is 5.14 Å². The second-order valence-electron chi connectivity index (χ2n) is 3.77. The summed E-state index contributed by atoms with van der Waals surface area (Å²) in [5, 5.41) is 7.59. The molecule has 0 radical (unpaired) electrons. The molecule has 0 unspecified atom stereocenters. The van der Waals surface area contributed by atoms with Crippen molar-refractivity contribution < 1.29 is 27.5 Å². The van der Waals surface area contributed by atoms with Crippen molar-refractivity contribution in [3.63, 3.8) is 0 Å². The van der Waals surface area contributed by atoms with Gasteiger partial charge in [0.15, 0.2) is 0 Å². The first-order chi connectivity index (χ1) is 9.77. The summed E-state index contributed by atoms with van der Waals surface area (Å²) in [6.07, 6.45) is 0.916. The number of hydrogen-bond acceptors (Lipinski definition) is 7. The molecule has 21 heavy (non-hydrogen) atoms. The number of sulfonamides is 1. The van der Waals surface area contributed by atoms with Gasteiger partial charge in [-0.25, -0.2) is 23.1 Å². The lowest BCUT2D eigenvalue weighted by Crippen LogP contribution is -2.16. The molecule has 0 aliphatic heterocycles. The van der Waals surface area contributed by atoms with Gasteiger partial charge < -0.3 is 14.8 Å². The van der Waals surface area contributed by atoms with Crippen molar-refractivity contribution in [1.29, 1.82) is 0 Å². The van der Waals surface area contributed by atoms with Crippen molar-refractivity contribution in [1.82, 2.24) is 0 Å². The van der Waals surface area contributed by atoms with Crippen LogP contribution >= 0.6 is 0 Å². The Balaban J connectivity index is 3.02. The molecule has 0 aliphatic carbocycles. The second-order valence-corrected chi connectivity index (χ2v) is 5.33. The first kappa shape index (κ1) is 16.7. The molecule has 3 N–H and O–H groups in total. The van der Waals surface area contributed by atoms with Gasteiger partial charge in [0, 0.05) is 5.69 Å². The predicted molar refractivity (Wildman–Crippen MR) is 73.6 cm³/mol. The number of primary sulfonamides is 1. The molecule has 0 spiro atoms. The molecule has 0 atom stereocenters. The van der Waals surface area contributed by atoms with Crippen molar-refractivity contribution >= 4 is 27.6 Å². The molecule has 0 aromatic heterocycles. The number of hydrogen-bond donors (Lipinski definition) is 2. The summed E-state index contributed by atoms with van der Waals surface area (Å²) in [7, 11) is -1.49. The number of anilines is 1. The van der Waals surface area contributed by atoms with E-state index in [-0.39, 0.29) is 10.6 Å². The van der Waals surface area contributed by atoms with E-state index in [4.69, 9.17) is 5.14 Å². The van der Waals surface area contributed by atoms with E-state index in [1.165, 1.54) is 24.3 Å². The summed E-state index contributed by atoms with van der Waals surface area (Å²) in [5.74, 6) is -1.53. The lowest BCUT2D eigenvalue weighted by atomic mass is 10.3. The van der Waals surface area contributed by atoms with Crippen molar-refractivity contribution in [3.05, 3.63) is 36.0 Å². The van der Waals surface area contributed by atoms with E-state index < -0.39 is 22.0 Å². The standard InChI is InChI=1S/C12H14N2O6S/c1-19-11(15)7-10(12(16)20-2)14-8-3-5-9(6-4-8)21(13,17)18/h3-7,14H,1-2H3,(H2,13,17,18)/b10-7+. The highest BCUT2D eigenvalue weighted by atomic mass is 32.2. The van der Waals surface area contributed by atoms with E-state index in [9.17, 15) is 18.0 Å². The number of methoxy groups -OCH3 is 2. The Labute approximate surface area is 121 Å². The van der Waals surface area contributed by atoms with Crippen LogP contribution in [0.3, 0.4) is 0 Å². The van der Waals surface area contributed by atoms with Gasteiger partial charge in [-0.05, 0) is 24.3 Å². The average molecular weight is 314 g/mol. The number of carbonyl (C=O) groups is 2. The van der Waals surface area contributed by atoms with Gasteiger partial charge >= 0.3 is 11.9 Å². The van der Waals surface area contributed by atoms with Gasteiger partial charge in [0.1, 0.15) is 5.70 Å². The number of ether oxygens (including phenoxy) is 2. The fourth-order valence-corrected chi connectivity index (χ4v) is 1.83. The van der Waals surface area contributed by atoms with E-state index >= 15 is 0 Å². The zero-order valence-corrected chi connectivity index (χ0v) is 12.1. The Bertz CT molecular complexity index is 663. The minimum atomic E-state index is -3.80. The Hall–Kier alpha value is -2.39. The average Bonchev–Trinajstić information content (AvgIpc) is 2.45. The van der Waals surface area contributed by atoms with Gasteiger partial charge in [-0.1, -0.05) is 0 Å². The summed E-state index contributed by atoms with van der Waals surface area (Å²) < 4.78 is 31.2.